The Morgan fingerprint density at radius 2 is 2.18 bits per heavy atom. The second kappa shape index (κ2) is 9.13. The molecule has 9 nitrogen and oxygen atoms in total. The summed E-state index contributed by atoms with van der Waals surface area (Å²) in [5.74, 6) is -1.60. The Bertz CT molecular complexity index is 747. The molecule has 2 N–H and O–H groups in total. The van der Waals surface area contributed by atoms with E-state index in [1.165, 1.54) is 17.0 Å². The highest BCUT2D eigenvalue weighted by atomic mass is 16.5. The van der Waals surface area contributed by atoms with E-state index in [0.29, 0.717) is 37.7 Å². The molecular formula is C19H25N3O6. The number of nitrogens with zero attached hydrogens (tertiary/aromatic N) is 2. The molecule has 0 aromatic heterocycles. The summed E-state index contributed by atoms with van der Waals surface area (Å²) in [5, 5.41) is 12.3. The fourth-order valence-electron chi connectivity index (χ4n) is 3.42. The lowest BCUT2D eigenvalue weighted by Gasteiger charge is -2.37. The summed E-state index contributed by atoms with van der Waals surface area (Å²) in [6.07, 6.45) is 1.78. The van der Waals surface area contributed by atoms with Gasteiger partial charge in [-0.25, -0.2) is 4.79 Å². The standard InChI is InChI=1S/C19H25N3O6/c1-27-8-6-20-10-17(23)22-12-18(24)21(11-14-3-2-7-28-14)15-5-4-13(19(25)26)9-16(15)22/h4-5,9,14,20H,2-3,6-8,10-12H2,1H3,(H,25,26). The number of carbonyl (C=O) groups is 3. The van der Waals surface area contributed by atoms with Gasteiger partial charge in [0.05, 0.1) is 42.7 Å². The third-order valence-corrected chi connectivity index (χ3v) is 4.87. The molecule has 1 unspecified atom stereocenters. The molecule has 0 spiro atoms. The molecule has 2 heterocycles. The average molecular weight is 391 g/mol. The smallest absolute Gasteiger partial charge is 0.335 e. The number of hydrogen-bond acceptors (Lipinski definition) is 6. The first-order valence-electron chi connectivity index (χ1n) is 9.30. The summed E-state index contributed by atoms with van der Waals surface area (Å²) in [6, 6.07) is 4.48. The van der Waals surface area contributed by atoms with Crippen LogP contribution in [0.3, 0.4) is 0 Å². The predicted octanol–water partition coefficient (Wildman–Crippen LogP) is 0.479. The molecule has 1 saturated heterocycles. The normalized spacial score (nSPS) is 19.0. The summed E-state index contributed by atoms with van der Waals surface area (Å²) in [4.78, 5) is 39.8. The van der Waals surface area contributed by atoms with E-state index in [1.54, 1.807) is 18.1 Å². The first-order valence-corrected chi connectivity index (χ1v) is 9.30. The van der Waals surface area contributed by atoms with E-state index >= 15 is 0 Å². The second-order valence-electron chi connectivity index (χ2n) is 6.80. The van der Waals surface area contributed by atoms with Gasteiger partial charge in [-0.1, -0.05) is 0 Å². The molecule has 0 radical (unpaired) electrons. The number of carboxylic acids is 1. The fraction of sp³-hybridized carbons (Fsp3) is 0.526. The lowest BCUT2D eigenvalue weighted by atomic mass is 10.1. The number of fused-ring (bicyclic) bond motifs is 1. The van der Waals surface area contributed by atoms with Gasteiger partial charge in [0.15, 0.2) is 0 Å². The van der Waals surface area contributed by atoms with Crippen molar-refractivity contribution in [3.05, 3.63) is 23.8 Å². The Hall–Kier alpha value is -2.49. The van der Waals surface area contributed by atoms with Gasteiger partial charge >= 0.3 is 5.97 Å². The van der Waals surface area contributed by atoms with Crippen LogP contribution in [0, 0.1) is 0 Å². The van der Waals surface area contributed by atoms with Crippen LogP contribution in [0.5, 0.6) is 0 Å². The van der Waals surface area contributed by atoms with Crippen molar-refractivity contribution in [2.24, 2.45) is 0 Å². The number of anilines is 2. The van der Waals surface area contributed by atoms with Crippen molar-refractivity contribution in [2.45, 2.75) is 18.9 Å². The Kier molecular flexibility index (Phi) is 6.61. The van der Waals surface area contributed by atoms with Crippen LogP contribution in [0.25, 0.3) is 0 Å². The number of ether oxygens (including phenoxy) is 2. The third-order valence-electron chi connectivity index (χ3n) is 4.87. The van der Waals surface area contributed by atoms with Crippen LogP contribution in [0.15, 0.2) is 18.2 Å². The van der Waals surface area contributed by atoms with Gasteiger partial charge in [-0.15, -0.1) is 0 Å². The zero-order valence-electron chi connectivity index (χ0n) is 15.8. The van der Waals surface area contributed by atoms with Gasteiger partial charge in [0.25, 0.3) is 0 Å². The number of benzene rings is 1. The van der Waals surface area contributed by atoms with Crippen molar-refractivity contribution in [1.29, 1.82) is 0 Å². The zero-order valence-corrected chi connectivity index (χ0v) is 15.8. The Morgan fingerprint density at radius 3 is 2.86 bits per heavy atom. The van der Waals surface area contributed by atoms with Gasteiger partial charge in [-0.2, -0.15) is 0 Å². The minimum Gasteiger partial charge on any atom is -0.478 e. The lowest BCUT2D eigenvalue weighted by molar-refractivity contribution is -0.122. The van der Waals surface area contributed by atoms with Crippen LogP contribution >= 0.6 is 0 Å². The van der Waals surface area contributed by atoms with Crippen LogP contribution < -0.4 is 15.1 Å². The van der Waals surface area contributed by atoms with Crippen LogP contribution in [0.4, 0.5) is 11.4 Å². The van der Waals surface area contributed by atoms with Gasteiger partial charge < -0.3 is 24.8 Å². The number of carboxylic acid groups (broad SMARTS) is 1. The summed E-state index contributed by atoms with van der Waals surface area (Å²) < 4.78 is 10.6. The van der Waals surface area contributed by atoms with Gasteiger partial charge in [0.1, 0.15) is 6.54 Å². The topological polar surface area (TPSA) is 108 Å². The number of methoxy groups -OCH3 is 1. The first kappa shape index (κ1) is 20.2. The van der Waals surface area contributed by atoms with E-state index in [-0.39, 0.29) is 36.6 Å². The number of aromatic carboxylic acids is 1. The molecule has 0 saturated carbocycles. The van der Waals surface area contributed by atoms with Crippen molar-refractivity contribution in [3.8, 4) is 0 Å². The van der Waals surface area contributed by atoms with Crippen LogP contribution in [-0.2, 0) is 19.1 Å². The fourth-order valence-corrected chi connectivity index (χ4v) is 3.42. The monoisotopic (exact) mass is 391 g/mol. The van der Waals surface area contributed by atoms with Crippen LogP contribution in [0.2, 0.25) is 0 Å². The molecular weight excluding hydrogens is 366 g/mol. The molecule has 1 aromatic carbocycles. The highest BCUT2D eigenvalue weighted by Gasteiger charge is 2.34. The zero-order chi connectivity index (χ0) is 20.1. The van der Waals surface area contributed by atoms with Crippen molar-refractivity contribution in [2.75, 3.05) is 56.3 Å². The molecule has 1 fully saturated rings. The van der Waals surface area contributed by atoms with E-state index in [9.17, 15) is 19.5 Å². The highest BCUT2D eigenvalue weighted by molar-refractivity contribution is 6.12. The first-order chi connectivity index (χ1) is 13.5. The average Bonchev–Trinajstić information content (AvgIpc) is 3.19. The lowest BCUT2D eigenvalue weighted by Crippen LogP contribution is -2.52. The molecule has 3 rings (SSSR count). The maximum atomic E-state index is 12.8. The van der Waals surface area contributed by atoms with E-state index < -0.39 is 5.97 Å². The predicted molar refractivity (Wildman–Crippen MR) is 102 cm³/mol. The Balaban J connectivity index is 1.85. The SMILES string of the molecule is COCCNCC(=O)N1CC(=O)N(CC2CCCO2)c2ccc(C(=O)O)cc21. The molecule has 9 heteroatoms. The van der Waals surface area contributed by atoms with E-state index in [4.69, 9.17) is 9.47 Å². The molecule has 1 atom stereocenters. The third kappa shape index (κ3) is 4.49. The second-order valence-corrected chi connectivity index (χ2v) is 6.80. The van der Waals surface area contributed by atoms with Crippen molar-refractivity contribution in [1.82, 2.24) is 5.32 Å². The summed E-state index contributed by atoms with van der Waals surface area (Å²) in [6.45, 7) is 1.92. The van der Waals surface area contributed by atoms with Crippen LogP contribution in [-0.4, -0.2) is 75.5 Å². The van der Waals surface area contributed by atoms with Crippen molar-refractivity contribution < 1.29 is 29.0 Å². The molecule has 2 aliphatic heterocycles. The minimum absolute atomic E-state index is 0.0269. The number of nitrogens with one attached hydrogen (secondary N) is 1. The Labute approximate surface area is 163 Å². The maximum absolute atomic E-state index is 12.8. The quantitative estimate of drug-likeness (QED) is 0.621. The molecule has 0 aliphatic carbocycles. The van der Waals surface area contributed by atoms with E-state index in [0.717, 1.165) is 12.8 Å². The van der Waals surface area contributed by atoms with Crippen LogP contribution in [0.1, 0.15) is 23.2 Å². The largest absolute Gasteiger partial charge is 0.478 e. The van der Waals surface area contributed by atoms with Gasteiger partial charge in [-0.3, -0.25) is 14.5 Å². The molecule has 28 heavy (non-hydrogen) atoms. The van der Waals surface area contributed by atoms with Gasteiger partial charge in [-0.05, 0) is 31.0 Å². The van der Waals surface area contributed by atoms with Crippen molar-refractivity contribution >= 4 is 29.2 Å². The van der Waals surface area contributed by atoms with Gasteiger partial charge in [0, 0.05) is 20.3 Å². The number of carbonyl (C=O) groups excluding carboxylic acids is 2. The molecule has 2 amide bonds. The molecule has 2 aliphatic rings. The number of rotatable bonds is 8. The van der Waals surface area contributed by atoms with E-state index in [1.807, 2.05) is 0 Å². The van der Waals surface area contributed by atoms with Crippen molar-refractivity contribution in [3.63, 3.8) is 0 Å². The summed E-state index contributed by atoms with van der Waals surface area (Å²) in [7, 11) is 1.57. The molecule has 1 aromatic rings. The minimum atomic E-state index is -1.09. The maximum Gasteiger partial charge on any atom is 0.335 e. The van der Waals surface area contributed by atoms with Gasteiger partial charge in [0.2, 0.25) is 11.8 Å². The molecule has 152 valence electrons. The Morgan fingerprint density at radius 1 is 1.36 bits per heavy atom. The summed E-state index contributed by atoms with van der Waals surface area (Å²) >= 11 is 0. The number of amides is 2. The summed E-state index contributed by atoms with van der Waals surface area (Å²) in [5.41, 5.74) is 1.02. The highest BCUT2D eigenvalue weighted by Crippen LogP contribution is 2.35. The van der Waals surface area contributed by atoms with E-state index in [2.05, 4.69) is 5.32 Å². The number of hydrogen-bond donors (Lipinski definition) is 2. The molecule has 0 bridgehead atoms.